The molecule has 2 aliphatic rings. The second-order valence-corrected chi connectivity index (χ2v) is 10.4. The van der Waals surface area contributed by atoms with Gasteiger partial charge in [-0.2, -0.15) is 0 Å². The molecule has 1 aromatic rings. The Bertz CT molecular complexity index is 861. The van der Waals surface area contributed by atoms with Crippen LogP contribution in [0, 0.1) is 18.8 Å². The molecule has 0 spiro atoms. The summed E-state index contributed by atoms with van der Waals surface area (Å²) in [5.41, 5.74) is 1.25. The van der Waals surface area contributed by atoms with Crippen molar-refractivity contribution in [1.29, 1.82) is 0 Å². The summed E-state index contributed by atoms with van der Waals surface area (Å²) in [7, 11) is 3.98. The molecule has 0 radical (unpaired) electrons. The van der Waals surface area contributed by atoms with Crippen LogP contribution < -0.4 is 5.32 Å². The molecule has 7 heteroatoms. The molecule has 33 heavy (non-hydrogen) atoms. The van der Waals surface area contributed by atoms with Crippen molar-refractivity contribution >= 4 is 17.8 Å². The first-order chi connectivity index (χ1) is 15.6. The van der Waals surface area contributed by atoms with E-state index < -0.39 is 5.54 Å². The molecule has 2 fully saturated rings. The number of benzene rings is 1. The molecular formula is C26H40N4O3. The largest absolute Gasteiger partial charge is 0.343 e. The molecule has 2 saturated heterocycles. The van der Waals surface area contributed by atoms with Gasteiger partial charge in [-0.25, -0.2) is 4.79 Å². The standard InChI is InChI=1S/C26H40N4O3/c1-19(2)17-23(31)29-15-11-22(12-16-29)26(18-21-10-7-6-9-20(21)3)24(32)30(25(33)27-26)14-8-13-28(4)5/h6-7,9-10,19,22H,8,11-18H2,1-5H3,(H,27,33)/t26-/m0/s1. The van der Waals surface area contributed by atoms with Crippen LogP contribution in [0.2, 0.25) is 0 Å². The zero-order chi connectivity index (χ0) is 24.2. The number of imide groups is 1. The number of nitrogens with zero attached hydrogens (tertiary/aromatic N) is 3. The molecule has 0 aliphatic carbocycles. The molecule has 2 aliphatic heterocycles. The number of carbonyl (C=O) groups excluding carboxylic acids is 3. The lowest BCUT2D eigenvalue weighted by Crippen LogP contribution is -2.58. The number of carbonyl (C=O) groups is 3. The second kappa shape index (κ2) is 10.7. The van der Waals surface area contributed by atoms with Crippen LogP contribution in [-0.4, -0.2) is 78.4 Å². The maximum atomic E-state index is 13.8. The molecule has 0 saturated carbocycles. The molecule has 182 valence electrons. The summed E-state index contributed by atoms with van der Waals surface area (Å²) < 4.78 is 0. The Morgan fingerprint density at radius 1 is 1.18 bits per heavy atom. The number of likely N-dealkylation sites (tertiary alicyclic amines) is 1. The molecule has 1 N–H and O–H groups in total. The first kappa shape index (κ1) is 25.2. The van der Waals surface area contributed by atoms with E-state index in [1.54, 1.807) is 0 Å². The number of piperidine rings is 1. The van der Waals surface area contributed by atoms with E-state index in [-0.39, 0.29) is 23.8 Å². The van der Waals surface area contributed by atoms with Crippen molar-refractivity contribution in [2.24, 2.45) is 11.8 Å². The fraction of sp³-hybridized carbons (Fsp3) is 0.654. The number of nitrogens with one attached hydrogen (secondary N) is 1. The van der Waals surface area contributed by atoms with E-state index in [1.165, 1.54) is 4.90 Å². The van der Waals surface area contributed by atoms with E-state index in [4.69, 9.17) is 0 Å². The summed E-state index contributed by atoms with van der Waals surface area (Å²) in [5.74, 6) is 0.398. The second-order valence-electron chi connectivity index (χ2n) is 10.4. The van der Waals surface area contributed by atoms with Gasteiger partial charge < -0.3 is 15.1 Å². The van der Waals surface area contributed by atoms with E-state index >= 15 is 0 Å². The number of amides is 4. The van der Waals surface area contributed by atoms with Gasteiger partial charge in [-0.3, -0.25) is 14.5 Å². The summed E-state index contributed by atoms with van der Waals surface area (Å²) in [5, 5.41) is 3.15. The Labute approximate surface area is 198 Å². The predicted octanol–water partition coefficient (Wildman–Crippen LogP) is 3.06. The molecule has 1 atom stereocenters. The van der Waals surface area contributed by atoms with Crippen LogP contribution in [0.3, 0.4) is 0 Å². The van der Waals surface area contributed by atoms with Gasteiger partial charge in [0.05, 0.1) is 0 Å². The highest BCUT2D eigenvalue weighted by molar-refractivity contribution is 6.07. The van der Waals surface area contributed by atoms with Crippen molar-refractivity contribution in [3.8, 4) is 0 Å². The highest BCUT2D eigenvalue weighted by atomic mass is 16.2. The van der Waals surface area contributed by atoms with Crippen molar-refractivity contribution < 1.29 is 14.4 Å². The molecule has 2 heterocycles. The fourth-order valence-corrected chi connectivity index (χ4v) is 5.14. The Morgan fingerprint density at radius 3 is 2.45 bits per heavy atom. The maximum absolute atomic E-state index is 13.8. The molecule has 0 bridgehead atoms. The van der Waals surface area contributed by atoms with Crippen molar-refractivity contribution in [3.05, 3.63) is 35.4 Å². The average molecular weight is 457 g/mol. The smallest absolute Gasteiger partial charge is 0.325 e. The predicted molar refractivity (Wildman–Crippen MR) is 130 cm³/mol. The maximum Gasteiger partial charge on any atom is 0.325 e. The summed E-state index contributed by atoms with van der Waals surface area (Å²) in [6.45, 7) is 8.67. The first-order valence-electron chi connectivity index (χ1n) is 12.2. The monoisotopic (exact) mass is 456 g/mol. The summed E-state index contributed by atoms with van der Waals surface area (Å²) in [4.78, 5) is 44.8. The number of hydrogen-bond donors (Lipinski definition) is 1. The zero-order valence-electron chi connectivity index (χ0n) is 20.9. The van der Waals surface area contributed by atoms with Crippen molar-refractivity contribution in [2.45, 2.75) is 58.4 Å². The number of aryl methyl sites for hydroxylation is 1. The Balaban J connectivity index is 1.82. The van der Waals surface area contributed by atoms with Crippen LogP contribution in [0.4, 0.5) is 4.79 Å². The van der Waals surface area contributed by atoms with Crippen molar-refractivity contribution in [2.75, 3.05) is 40.3 Å². The molecule has 4 amide bonds. The first-order valence-corrected chi connectivity index (χ1v) is 12.2. The van der Waals surface area contributed by atoms with E-state index in [2.05, 4.69) is 24.1 Å². The van der Waals surface area contributed by atoms with Crippen molar-refractivity contribution in [1.82, 2.24) is 20.0 Å². The van der Waals surface area contributed by atoms with Gasteiger partial charge in [-0.15, -0.1) is 0 Å². The summed E-state index contributed by atoms with van der Waals surface area (Å²) in [6, 6.07) is 7.79. The third kappa shape index (κ3) is 5.75. The van der Waals surface area contributed by atoms with Crippen LogP contribution in [0.5, 0.6) is 0 Å². The van der Waals surface area contributed by atoms with Crippen LogP contribution in [0.25, 0.3) is 0 Å². The molecule has 0 unspecified atom stereocenters. The van der Waals surface area contributed by atoms with E-state index in [0.717, 1.165) is 24.1 Å². The molecule has 3 rings (SSSR count). The molecule has 1 aromatic carbocycles. The minimum atomic E-state index is -0.950. The lowest BCUT2D eigenvalue weighted by Gasteiger charge is -2.41. The number of hydrogen-bond acceptors (Lipinski definition) is 4. The van der Waals surface area contributed by atoms with Gasteiger partial charge >= 0.3 is 6.03 Å². The van der Waals surface area contributed by atoms with E-state index in [9.17, 15) is 14.4 Å². The topological polar surface area (TPSA) is 73.0 Å². The van der Waals surface area contributed by atoms with Crippen LogP contribution in [0.1, 0.15) is 50.7 Å². The van der Waals surface area contributed by atoms with E-state index in [0.29, 0.717) is 51.2 Å². The lowest BCUT2D eigenvalue weighted by molar-refractivity contribution is -0.136. The fourth-order valence-electron chi connectivity index (χ4n) is 5.14. The average Bonchev–Trinajstić information content (AvgIpc) is 2.99. The SMILES string of the molecule is Cc1ccccc1C[C@@]1(C2CCN(C(=O)CC(C)C)CC2)NC(=O)N(CCCN(C)C)C1=O. The highest BCUT2D eigenvalue weighted by Gasteiger charge is 2.55. The summed E-state index contributed by atoms with van der Waals surface area (Å²) in [6.07, 6.45) is 3.21. The van der Waals surface area contributed by atoms with Gasteiger partial charge in [0, 0.05) is 32.5 Å². The number of urea groups is 1. The highest BCUT2D eigenvalue weighted by Crippen LogP contribution is 2.37. The quantitative estimate of drug-likeness (QED) is 0.580. The Hall–Kier alpha value is -2.41. The van der Waals surface area contributed by atoms with Crippen LogP contribution in [-0.2, 0) is 16.0 Å². The minimum Gasteiger partial charge on any atom is -0.343 e. The van der Waals surface area contributed by atoms with Gasteiger partial charge in [-0.1, -0.05) is 38.1 Å². The molecular weight excluding hydrogens is 416 g/mol. The third-order valence-electron chi connectivity index (χ3n) is 7.05. The normalized spacial score (nSPS) is 21.9. The lowest BCUT2D eigenvalue weighted by atomic mass is 9.73. The van der Waals surface area contributed by atoms with Crippen LogP contribution in [0.15, 0.2) is 24.3 Å². The minimum absolute atomic E-state index is 0.00416. The molecule has 0 aromatic heterocycles. The zero-order valence-corrected chi connectivity index (χ0v) is 20.9. The van der Waals surface area contributed by atoms with E-state index in [1.807, 2.05) is 50.2 Å². The van der Waals surface area contributed by atoms with Gasteiger partial charge in [0.1, 0.15) is 5.54 Å². The third-order valence-corrected chi connectivity index (χ3v) is 7.05. The van der Waals surface area contributed by atoms with Gasteiger partial charge in [0.2, 0.25) is 5.91 Å². The number of rotatable bonds is 9. The van der Waals surface area contributed by atoms with Crippen LogP contribution >= 0.6 is 0 Å². The van der Waals surface area contributed by atoms with Gasteiger partial charge in [0.25, 0.3) is 5.91 Å². The van der Waals surface area contributed by atoms with Gasteiger partial charge in [0.15, 0.2) is 0 Å². The summed E-state index contributed by atoms with van der Waals surface area (Å²) >= 11 is 0. The Morgan fingerprint density at radius 2 is 1.85 bits per heavy atom. The molecule has 7 nitrogen and oxygen atoms in total. The van der Waals surface area contributed by atoms with Crippen molar-refractivity contribution in [3.63, 3.8) is 0 Å². The Kier molecular flexibility index (Phi) is 8.16. The van der Waals surface area contributed by atoms with Gasteiger partial charge in [-0.05, 0) is 69.8 Å².